The maximum absolute atomic E-state index is 13.7. The zero-order valence-electron chi connectivity index (χ0n) is 21.8. The predicted octanol–water partition coefficient (Wildman–Crippen LogP) is 5.66. The number of halogens is 1. The van der Waals surface area contributed by atoms with Crippen LogP contribution in [0.25, 0.3) is 0 Å². The van der Waals surface area contributed by atoms with Crippen molar-refractivity contribution in [1.82, 2.24) is 14.7 Å². The molecule has 0 unspecified atom stereocenters. The molecule has 2 aromatic carbocycles. The van der Waals surface area contributed by atoms with E-state index in [0.29, 0.717) is 25.2 Å². The number of thiophene rings is 1. The first-order chi connectivity index (χ1) is 17.9. The SMILES string of the molecule is Cc1ccc(C(=O)N(CCN2CCCCC2)CC(=O)N(Cc2ccc(F)cc2)Cc2ccc(C)s2)cc1. The van der Waals surface area contributed by atoms with Crippen LogP contribution in [-0.2, 0) is 17.9 Å². The van der Waals surface area contributed by atoms with Crippen LogP contribution < -0.4 is 0 Å². The van der Waals surface area contributed by atoms with Gasteiger partial charge in [-0.05, 0) is 81.7 Å². The average molecular weight is 522 g/mol. The quantitative estimate of drug-likeness (QED) is 0.346. The lowest BCUT2D eigenvalue weighted by Gasteiger charge is -2.31. The molecule has 1 fully saturated rings. The monoisotopic (exact) mass is 521 g/mol. The molecule has 0 radical (unpaired) electrons. The molecule has 0 bridgehead atoms. The Balaban J connectivity index is 1.53. The molecule has 4 rings (SSSR count). The van der Waals surface area contributed by atoms with Crippen molar-refractivity contribution in [3.05, 3.63) is 92.9 Å². The van der Waals surface area contributed by atoms with Crippen LogP contribution in [0.3, 0.4) is 0 Å². The van der Waals surface area contributed by atoms with Crippen LogP contribution >= 0.6 is 11.3 Å². The first-order valence-electron chi connectivity index (χ1n) is 13.0. The van der Waals surface area contributed by atoms with Gasteiger partial charge in [-0.1, -0.05) is 36.2 Å². The molecule has 3 aromatic rings. The van der Waals surface area contributed by atoms with Gasteiger partial charge in [-0.2, -0.15) is 0 Å². The predicted molar refractivity (Wildman–Crippen MR) is 147 cm³/mol. The average Bonchev–Trinajstić information content (AvgIpc) is 3.32. The summed E-state index contributed by atoms with van der Waals surface area (Å²) in [5, 5.41) is 0. The fourth-order valence-electron chi connectivity index (χ4n) is 4.64. The lowest BCUT2D eigenvalue weighted by Crippen LogP contribution is -2.46. The molecule has 1 aromatic heterocycles. The third kappa shape index (κ3) is 7.98. The van der Waals surface area contributed by atoms with Crippen molar-refractivity contribution in [2.24, 2.45) is 0 Å². The topological polar surface area (TPSA) is 43.9 Å². The molecule has 1 saturated heterocycles. The zero-order valence-corrected chi connectivity index (χ0v) is 22.6. The number of likely N-dealkylation sites (tertiary alicyclic amines) is 1. The number of hydrogen-bond donors (Lipinski definition) is 0. The first kappa shape index (κ1) is 27.0. The van der Waals surface area contributed by atoms with Crippen molar-refractivity contribution in [2.75, 3.05) is 32.7 Å². The summed E-state index contributed by atoms with van der Waals surface area (Å²) in [5.74, 6) is -0.545. The number of hydrogen-bond acceptors (Lipinski definition) is 4. The lowest BCUT2D eigenvalue weighted by molar-refractivity contribution is -0.133. The molecule has 0 saturated carbocycles. The van der Waals surface area contributed by atoms with E-state index in [0.717, 1.165) is 35.6 Å². The van der Waals surface area contributed by atoms with Gasteiger partial charge < -0.3 is 14.7 Å². The van der Waals surface area contributed by atoms with Gasteiger partial charge in [0.15, 0.2) is 0 Å². The Bertz CT molecular complexity index is 1170. The second-order valence-corrected chi connectivity index (χ2v) is 11.3. The first-order valence-corrected chi connectivity index (χ1v) is 13.8. The summed E-state index contributed by atoms with van der Waals surface area (Å²) in [4.78, 5) is 35.4. The Morgan fingerprint density at radius 3 is 2.22 bits per heavy atom. The Morgan fingerprint density at radius 2 is 1.57 bits per heavy atom. The Hall–Kier alpha value is -3.03. The highest BCUT2D eigenvalue weighted by Crippen LogP contribution is 2.20. The van der Waals surface area contributed by atoms with E-state index >= 15 is 0 Å². The van der Waals surface area contributed by atoms with Gasteiger partial charge in [0.1, 0.15) is 12.4 Å². The number of nitrogens with zero attached hydrogens (tertiary/aromatic N) is 3. The summed E-state index contributed by atoms with van der Waals surface area (Å²) in [5.41, 5.74) is 2.54. The summed E-state index contributed by atoms with van der Waals surface area (Å²) in [6, 6.07) is 17.9. The molecule has 37 heavy (non-hydrogen) atoms. The zero-order chi connectivity index (χ0) is 26.2. The Labute approximate surface area is 223 Å². The van der Waals surface area contributed by atoms with Gasteiger partial charge in [0.05, 0.1) is 6.54 Å². The van der Waals surface area contributed by atoms with Crippen molar-refractivity contribution in [3.63, 3.8) is 0 Å². The van der Waals surface area contributed by atoms with E-state index in [-0.39, 0.29) is 24.2 Å². The second-order valence-electron chi connectivity index (χ2n) is 9.88. The van der Waals surface area contributed by atoms with Crippen molar-refractivity contribution < 1.29 is 14.0 Å². The highest BCUT2D eigenvalue weighted by Gasteiger charge is 2.24. The lowest BCUT2D eigenvalue weighted by atomic mass is 10.1. The maximum Gasteiger partial charge on any atom is 0.254 e. The fraction of sp³-hybridized carbons (Fsp3) is 0.400. The standard InChI is InChI=1S/C30H36FN3O2S/c1-23-6-11-26(12-7-23)30(36)33(19-18-32-16-4-3-5-17-32)22-29(35)34(21-28-15-8-24(2)37-28)20-25-9-13-27(31)14-10-25/h6-15H,3-5,16-22H2,1-2H3. The van der Waals surface area contributed by atoms with Gasteiger partial charge in [-0.3, -0.25) is 9.59 Å². The van der Waals surface area contributed by atoms with Crippen molar-refractivity contribution in [2.45, 2.75) is 46.2 Å². The number of rotatable bonds is 10. The highest BCUT2D eigenvalue weighted by atomic mass is 32.1. The van der Waals surface area contributed by atoms with Crippen molar-refractivity contribution in [1.29, 1.82) is 0 Å². The van der Waals surface area contributed by atoms with Crippen LogP contribution in [0, 0.1) is 19.7 Å². The molecule has 2 heterocycles. The van der Waals surface area contributed by atoms with Crippen molar-refractivity contribution in [3.8, 4) is 0 Å². The van der Waals surface area contributed by atoms with Crippen LogP contribution in [0.2, 0.25) is 0 Å². The summed E-state index contributed by atoms with van der Waals surface area (Å²) >= 11 is 1.66. The van der Waals surface area contributed by atoms with Gasteiger partial charge in [0.25, 0.3) is 5.91 Å². The van der Waals surface area contributed by atoms with E-state index in [1.165, 1.54) is 36.3 Å². The molecule has 2 amide bonds. The number of carbonyl (C=O) groups excluding carboxylic acids is 2. The summed E-state index contributed by atoms with van der Waals surface area (Å²) in [7, 11) is 0. The number of carbonyl (C=O) groups is 2. The minimum atomic E-state index is -0.303. The summed E-state index contributed by atoms with van der Waals surface area (Å²) < 4.78 is 13.5. The van der Waals surface area contributed by atoms with Crippen LogP contribution in [0.4, 0.5) is 4.39 Å². The smallest absolute Gasteiger partial charge is 0.254 e. The molecule has 1 aliphatic heterocycles. The van der Waals surface area contributed by atoms with Gasteiger partial charge in [0.2, 0.25) is 5.91 Å². The minimum Gasteiger partial charge on any atom is -0.332 e. The van der Waals surface area contributed by atoms with E-state index in [4.69, 9.17) is 0 Å². The molecular weight excluding hydrogens is 485 g/mol. The normalized spacial score (nSPS) is 13.9. The number of amides is 2. The Kier molecular flexibility index (Phi) is 9.47. The van der Waals surface area contributed by atoms with E-state index in [1.54, 1.807) is 33.3 Å². The molecular formula is C30H36FN3O2S. The van der Waals surface area contributed by atoms with E-state index in [1.807, 2.05) is 50.2 Å². The van der Waals surface area contributed by atoms with E-state index < -0.39 is 0 Å². The minimum absolute atomic E-state index is 0.00605. The molecule has 5 nitrogen and oxygen atoms in total. The molecule has 1 aliphatic rings. The molecule has 0 atom stereocenters. The maximum atomic E-state index is 13.7. The fourth-order valence-corrected chi connectivity index (χ4v) is 5.55. The molecule has 0 aliphatic carbocycles. The van der Waals surface area contributed by atoms with E-state index in [2.05, 4.69) is 4.90 Å². The number of aryl methyl sites for hydroxylation is 2. The summed E-state index contributed by atoms with van der Waals surface area (Å²) in [6.07, 6.45) is 3.61. The van der Waals surface area contributed by atoms with Gasteiger partial charge in [0, 0.05) is 35.0 Å². The van der Waals surface area contributed by atoms with Crippen LogP contribution in [0.15, 0.2) is 60.7 Å². The van der Waals surface area contributed by atoms with Gasteiger partial charge >= 0.3 is 0 Å². The molecule has 0 N–H and O–H groups in total. The largest absolute Gasteiger partial charge is 0.332 e. The third-order valence-electron chi connectivity index (χ3n) is 6.83. The van der Waals surface area contributed by atoms with Gasteiger partial charge in [-0.25, -0.2) is 4.39 Å². The second kappa shape index (κ2) is 13.0. The van der Waals surface area contributed by atoms with Crippen molar-refractivity contribution >= 4 is 23.2 Å². The Morgan fingerprint density at radius 1 is 0.865 bits per heavy atom. The highest BCUT2D eigenvalue weighted by molar-refractivity contribution is 7.11. The number of benzene rings is 2. The summed E-state index contributed by atoms with van der Waals surface area (Å²) in [6.45, 7) is 8.18. The molecule has 0 spiro atoms. The van der Waals surface area contributed by atoms with Crippen LogP contribution in [0.1, 0.15) is 50.5 Å². The van der Waals surface area contributed by atoms with Gasteiger partial charge in [-0.15, -0.1) is 11.3 Å². The number of piperidine rings is 1. The third-order valence-corrected chi connectivity index (χ3v) is 7.81. The van der Waals surface area contributed by atoms with Crippen LogP contribution in [-0.4, -0.2) is 59.2 Å². The molecule has 7 heteroatoms. The van der Waals surface area contributed by atoms with Crippen LogP contribution in [0.5, 0.6) is 0 Å². The van der Waals surface area contributed by atoms with E-state index in [9.17, 15) is 14.0 Å². The molecule has 196 valence electrons.